The topological polar surface area (TPSA) is 73.4 Å². The van der Waals surface area contributed by atoms with E-state index in [-0.39, 0.29) is 5.57 Å². The molecule has 14 heavy (non-hydrogen) atoms. The third-order valence-electron chi connectivity index (χ3n) is 1.44. The molecule has 0 amide bonds. The van der Waals surface area contributed by atoms with Gasteiger partial charge in [0.15, 0.2) is 0 Å². The number of nitrogens with zero attached hydrogens (tertiary/aromatic N) is 4. The van der Waals surface area contributed by atoms with Crippen LogP contribution in [-0.4, -0.2) is 9.97 Å². The highest BCUT2D eigenvalue weighted by Crippen LogP contribution is 2.49. The van der Waals surface area contributed by atoms with E-state index in [2.05, 4.69) is 9.97 Å². The molecule has 0 radical (unpaired) electrons. The van der Waals surface area contributed by atoms with E-state index in [1.54, 1.807) is 12.4 Å². The molecule has 2 heterocycles. The lowest BCUT2D eigenvalue weighted by Gasteiger charge is -1.88. The molecule has 4 nitrogen and oxygen atoms in total. The lowest BCUT2D eigenvalue weighted by Crippen LogP contribution is -1.79. The van der Waals surface area contributed by atoms with Crippen LogP contribution in [0.1, 0.15) is 0 Å². The average molecular weight is 218 g/mol. The second-order valence-corrected chi connectivity index (χ2v) is 4.51. The molecule has 0 spiro atoms. The van der Waals surface area contributed by atoms with E-state index in [9.17, 15) is 0 Å². The van der Waals surface area contributed by atoms with Gasteiger partial charge in [-0.05, 0) is 0 Å². The molecule has 0 aromatic carbocycles. The molecule has 0 saturated heterocycles. The van der Waals surface area contributed by atoms with Crippen LogP contribution in [0.2, 0.25) is 0 Å². The Morgan fingerprint density at radius 1 is 1.07 bits per heavy atom. The summed E-state index contributed by atoms with van der Waals surface area (Å²) >= 11 is 2.63. The zero-order valence-electron chi connectivity index (χ0n) is 6.76. The molecule has 0 bridgehead atoms. The molecule has 66 valence electrons. The van der Waals surface area contributed by atoms with E-state index < -0.39 is 0 Å². The van der Waals surface area contributed by atoms with E-state index in [4.69, 9.17) is 10.5 Å². The van der Waals surface area contributed by atoms with Crippen molar-refractivity contribution in [3.8, 4) is 12.1 Å². The van der Waals surface area contributed by atoms with Gasteiger partial charge in [0.25, 0.3) is 0 Å². The summed E-state index contributed by atoms with van der Waals surface area (Å²) in [5.74, 6) is 0. The van der Waals surface area contributed by atoms with Crippen LogP contribution in [0, 0.1) is 22.7 Å². The molecule has 0 N–H and O–H groups in total. The van der Waals surface area contributed by atoms with Gasteiger partial charge in [0.2, 0.25) is 0 Å². The molecular formula is C8H2N4S2. The third kappa shape index (κ3) is 1.46. The molecule has 1 aromatic rings. The second kappa shape index (κ2) is 3.70. The number of aromatic nitrogens is 2. The standard InChI is InChI=1S/C8H2N4S2/c9-3-5(4-10)8-13-6-7(14-8)12-2-1-11-6/h1-2H. The molecule has 1 aromatic heterocycles. The Morgan fingerprint density at radius 3 is 2.00 bits per heavy atom. The summed E-state index contributed by atoms with van der Waals surface area (Å²) in [5, 5.41) is 18.9. The fourth-order valence-corrected chi connectivity index (χ4v) is 3.00. The lowest BCUT2D eigenvalue weighted by molar-refractivity contribution is 0.930. The normalized spacial score (nSPS) is 12.9. The quantitative estimate of drug-likeness (QED) is 0.619. The third-order valence-corrected chi connectivity index (χ3v) is 3.83. The van der Waals surface area contributed by atoms with Crippen LogP contribution in [0.15, 0.2) is 32.3 Å². The number of hydrogen-bond acceptors (Lipinski definition) is 6. The summed E-state index contributed by atoms with van der Waals surface area (Å²) in [6, 6.07) is 3.70. The van der Waals surface area contributed by atoms with E-state index in [1.807, 2.05) is 12.1 Å². The monoisotopic (exact) mass is 218 g/mol. The molecule has 0 saturated carbocycles. The Bertz CT molecular complexity index is 452. The lowest BCUT2D eigenvalue weighted by atomic mass is 10.4. The first-order chi connectivity index (χ1) is 6.85. The number of hydrogen-bond donors (Lipinski definition) is 0. The van der Waals surface area contributed by atoms with Gasteiger partial charge in [-0.3, -0.25) is 0 Å². The Balaban J connectivity index is 2.43. The maximum Gasteiger partial charge on any atom is 0.150 e. The van der Waals surface area contributed by atoms with Gasteiger partial charge in [-0.15, -0.1) is 0 Å². The van der Waals surface area contributed by atoms with Crippen LogP contribution >= 0.6 is 23.5 Å². The molecular weight excluding hydrogens is 216 g/mol. The first kappa shape index (κ1) is 9.07. The van der Waals surface area contributed by atoms with Gasteiger partial charge >= 0.3 is 0 Å². The van der Waals surface area contributed by atoms with Crippen molar-refractivity contribution in [2.45, 2.75) is 10.1 Å². The molecule has 1 aliphatic heterocycles. The van der Waals surface area contributed by atoms with Crippen molar-refractivity contribution in [2.75, 3.05) is 0 Å². The summed E-state index contributed by atoms with van der Waals surface area (Å²) < 4.78 is 0.663. The fraction of sp³-hybridized carbons (Fsp3) is 0. The molecule has 0 aliphatic carbocycles. The molecule has 0 atom stereocenters. The summed E-state index contributed by atoms with van der Waals surface area (Å²) in [6.07, 6.45) is 3.18. The zero-order valence-corrected chi connectivity index (χ0v) is 8.39. The molecule has 6 heteroatoms. The molecule has 1 aliphatic rings. The number of rotatable bonds is 0. The van der Waals surface area contributed by atoms with Gasteiger partial charge in [-0.1, -0.05) is 23.5 Å². The van der Waals surface area contributed by atoms with E-state index in [0.717, 1.165) is 10.1 Å². The minimum Gasteiger partial charge on any atom is -0.245 e. The largest absolute Gasteiger partial charge is 0.245 e. The Hall–Kier alpha value is -1.50. The van der Waals surface area contributed by atoms with Gasteiger partial charge in [-0.2, -0.15) is 10.5 Å². The predicted molar refractivity (Wildman–Crippen MR) is 52.0 cm³/mol. The predicted octanol–water partition coefficient (Wildman–Crippen LogP) is 1.93. The van der Waals surface area contributed by atoms with Crippen LogP contribution < -0.4 is 0 Å². The SMILES string of the molecule is N#CC(C#N)=C1Sc2nccnc2S1. The van der Waals surface area contributed by atoms with Gasteiger partial charge < -0.3 is 0 Å². The summed E-state index contributed by atoms with van der Waals surface area (Å²) in [4.78, 5) is 8.17. The van der Waals surface area contributed by atoms with Crippen molar-refractivity contribution < 1.29 is 0 Å². The van der Waals surface area contributed by atoms with Crippen LogP contribution in [0.3, 0.4) is 0 Å². The van der Waals surface area contributed by atoms with Crippen molar-refractivity contribution in [1.29, 1.82) is 10.5 Å². The smallest absolute Gasteiger partial charge is 0.150 e. The Labute approximate surface area is 88.7 Å². The second-order valence-electron chi connectivity index (χ2n) is 2.26. The molecule has 2 rings (SSSR count). The van der Waals surface area contributed by atoms with Gasteiger partial charge in [-0.25, -0.2) is 9.97 Å². The number of allylic oxidation sites excluding steroid dienone is 1. The highest BCUT2D eigenvalue weighted by atomic mass is 32.2. The summed E-state index contributed by atoms with van der Waals surface area (Å²) in [5.41, 5.74) is 0.125. The van der Waals surface area contributed by atoms with Crippen LogP contribution in [0.4, 0.5) is 0 Å². The summed E-state index contributed by atoms with van der Waals surface area (Å²) in [6.45, 7) is 0. The number of thioether (sulfide) groups is 2. The van der Waals surface area contributed by atoms with Crippen molar-refractivity contribution in [3.63, 3.8) is 0 Å². The van der Waals surface area contributed by atoms with Crippen LogP contribution in [-0.2, 0) is 0 Å². The first-order valence-corrected chi connectivity index (χ1v) is 5.19. The van der Waals surface area contributed by atoms with Crippen LogP contribution in [0.25, 0.3) is 0 Å². The number of fused-ring (bicyclic) bond motifs is 1. The van der Waals surface area contributed by atoms with Crippen molar-refractivity contribution >= 4 is 23.5 Å². The minimum absolute atomic E-state index is 0.125. The Kier molecular flexibility index (Phi) is 2.40. The minimum atomic E-state index is 0.125. The highest BCUT2D eigenvalue weighted by molar-refractivity contribution is 8.24. The van der Waals surface area contributed by atoms with E-state index in [1.165, 1.54) is 23.5 Å². The van der Waals surface area contributed by atoms with Crippen LogP contribution in [0.5, 0.6) is 0 Å². The average Bonchev–Trinajstić information content (AvgIpc) is 2.63. The van der Waals surface area contributed by atoms with Gasteiger partial charge in [0.1, 0.15) is 27.8 Å². The van der Waals surface area contributed by atoms with E-state index >= 15 is 0 Å². The first-order valence-electron chi connectivity index (χ1n) is 3.56. The molecule has 0 unspecified atom stereocenters. The van der Waals surface area contributed by atoms with Crippen molar-refractivity contribution in [1.82, 2.24) is 9.97 Å². The van der Waals surface area contributed by atoms with Crippen molar-refractivity contribution in [2.24, 2.45) is 0 Å². The van der Waals surface area contributed by atoms with Gasteiger partial charge in [0.05, 0.1) is 4.24 Å². The zero-order chi connectivity index (χ0) is 9.97. The Morgan fingerprint density at radius 2 is 1.57 bits per heavy atom. The van der Waals surface area contributed by atoms with E-state index in [0.29, 0.717) is 4.24 Å². The highest BCUT2D eigenvalue weighted by Gasteiger charge is 2.23. The van der Waals surface area contributed by atoms with Crippen molar-refractivity contribution in [3.05, 3.63) is 22.2 Å². The maximum atomic E-state index is 8.67. The fourth-order valence-electron chi connectivity index (χ4n) is 0.867. The summed E-state index contributed by atoms with van der Waals surface area (Å²) in [7, 11) is 0. The maximum absolute atomic E-state index is 8.67. The van der Waals surface area contributed by atoms with Gasteiger partial charge in [0, 0.05) is 12.4 Å². The number of nitriles is 2. The molecule has 0 fully saturated rings.